The number of aliphatic carboxylic acids is 1. The number of carbonyl (C=O) groups is 1. The van der Waals surface area contributed by atoms with Gasteiger partial charge in [-0.15, -0.1) is 0 Å². The second-order valence-corrected chi connectivity index (χ2v) is 3.27. The Morgan fingerprint density at radius 1 is 1.75 bits per heavy atom. The molecule has 5 heteroatoms. The summed E-state index contributed by atoms with van der Waals surface area (Å²) in [5.74, 6) is -1.58. The third kappa shape index (κ3) is 2.40. The van der Waals surface area contributed by atoms with Crippen molar-refractivity contribution >= 4 is 28.6 Å². The van der Waals surface area contributed by atoms with Crippen LogP contribution in [0.5, 0.6) is 0 Å². The molecule has 1 aromatic heterocycles. The molecule has 0 amide bonds. The van der Waals surface area contributed by atoms with E-state index in [0.717, 1.165) is 0 Å². The Balaban J connectivity index is 2.93. The Hall–Kier alpha value is -0.720. The van der Waals surface area contributed by atoms with Gasteiger partial charge in [0.05, 0.1) is 6.42 Å². The molecule has 0 atom stereocenters. The second kappa shape index (κ2) is 3.79. The van der Waals surface area contributed by atoms with Crippen LogP contribution in [0.1, 0.15) is 5.56 Å². The molecule has 12 heavy (non-hydrogen) atoms. The molecular weight excluding hydrogens is 276 g/mol. The third-order valence-corrected chi connectivity index (χ3v) is 1.83. The van der Waals surface area contributed by atoms with Crippen LogP contribution in [-0.2, 0) is 11.2 Å². The maximum atomic E-state index is 12.9. The predicted molar refractivity (Wildman–Crippen MR) is 48.3 cm³/mol. The van der Waals surface area contributed by atoms with Gasteiger partial charge in [-0.2, -0.15) is 0 Å². The molecule has 0 bridgehead atoms. The van der Waals surface area contributed by atoms with Gasteiger partial charge in [0, 0.05) is 17.8 Å². The van der Waals surface area contributed by atoms with E-state index in [4.69, 9.17) is 5.11 Å². The van der Waals surface area contributed by atoms with E-state index >= 15 is 0 Å². The summed E-state index contributed by atoms with van der Waals surface area (Å²) in [6, 6.07) is 1.21. The fraction of sp³-hybridized carbons (Fsp3) is 0.143. The predicted octanol–water partition coefficient (Wildman–Crippen LogP) is 1.45. The monoisotopic (exact) mass is 281 g/mol. The van der Waals surface area contributed by atoms with Crippen LogP contribution in [0.15, 0.2) is 12.3 Å². The van der Waals surface area contributed by atoms with Crippen molar-refractivity contribution in [2.24, 2.45) is 0 Å². The highest BCUT2D eigenvalue weighted by Gasteiger charge is 2.07. The minimum absolute atomic E-state index is 0.114. The molecule has 0 spiro atoms. The topological polar surface area (TPSA) is 50.2 Å². The van der Waals surface area contributed by atoms with Crippen LogP contribution in [-0.4, -0.2) is 16.1 Å². The number of aromatic nitrogens is 1. The lowest BCUT2D eigenvalue weighted by molar-refractivity contribution is -0.136. The van der Waals surface area contributed by atoms with Crippen LogP contribution in [0.4, 0.5) is 4.39 Å². The molecule has 3 nitrogen and oxygen atoms in total. The maximum Gasteiger partial charge on any atom is 0.307 e. The summed E-state index contributed by atoms with van der Waals surface area (Å²) in [5.41, 5.74) is 0.114. The first-order valence-corrected chi connectivity index (χ1v) is 4.19. The first-order valence-electron chi connectivity index (χ1n) is 3.11. The molecule has 0 saturated carbocycles. The molecule has 1 aromatic rings. The molecule has 0 aliphatic heterocycles. The highest BCUT2D eigenvalue weighted by atomic mass is 127. The highest BCUT2D eigenvalue weighted by molar-refractivity contribution is 14.1. The van der Waals surface area contributed by atoms with Gasteiger partial charge in [0.2, 0.25) is 0 Å². The van der Waals surface area contributed by atoms with E-state index in [0.29, 0.717) is 3.70 Å². The van der Waals surface area contributed by atoms with Crippen molar-refractivity contribution in [3.63, 3.8) is 0 Å². The summed E-state index contributed by atoms with van der Waals surface area (Å²) in [6.45, 7) is 0. The van der Waals surface area contributed by atoms with E-state index in [1.165, 1.54) is 12.3 Å². The van der Waals surface area contributed by atoms with Crippen molar-refractivity contribution in [1.29, 1.82) is 0 Å². The fourth-order valence-corrected chi connectivity index (χ4v) is 1.14. The van der Waals surface area contributed by atoms with Gasteiger partial charge in [-0.1, -0.05) is 0 Å². The number of carboxylic acids is 1. The Labute approximate surface area is 81.8 Å². The lowest BCUT2D eigenvalue weighted by Crippen LogP contribution is -2.03. The van der Waals surface area contributed by atoms with Gasteiger partial charge < -0.3 is 5.11 Å². The summed E-state index contributed by atoms with van der Waals surface area (Å²) in [4.78, 5) is 14.0. The molecule has 0 aliphatic carbocycles. The molecule has 0 aliphatic rings. The quantitative estimate of drug-likeness (QED) is 0.659. The number of nitrogens with zero attached hydrogens (tertiary/aromatic N) is 1. The Morgan fingerprint density at radius 2 is 2.42 bits per heavy atom. The number of pyridine rings is 1. The van der Waals surface area contributed by atoms with E-state index in [-0.39, 0.29) is 12.0 Å². The number of carboxylic acid groups (broad SMARTS) is 1. The van der Waals surface area contributed by atoms with E-state index in [2.05, 4.69) is 4.98 Å². The fourth-order valence-electron chi connectivity index (χ4n) is 0.729. The van der Waals surface area contributed by atoms with Gasteiger partial charge in [-0.25, -0.2) is 9.37 Å². The summed E-state index contributed by atoms with van der Waals surface area (Å²) < 4.78 is 13.4. The largest absolute Gasteiger partial charge is 0.481 e. The van der Waals surface area contributed by atoms with Crippen LogP contribution < -0.4 is 0 Å². The first-order chi connectivity index (χ1) is 5.59. The van der Waals surface area contributed by atoms with Crippen LogP contribution in [0.2, 0.25) is 0 Å². The molecule has 1 heterocycles. The van der Waals surface area contributed by atoms with Gasteiger partial charge in [0.15, 0.2) is 0 Å². The minimum Gasteiger partial charge on any atom is -0.481 e. The molecule has 0 aromatic carbocycles. The minimum atomic E-state index is -1.06. The zero-order valence-corrected chi connectivity index (χ0v) is 8.08. The summed E-state index contributed by atoms with van der Waals surface area (Å²) >= 11 is 1.86. The average molecular weight is 281 g/mol. The summed E-state index contributed by atoms with van der Waals surface area (Å²) in [5, 5.41) is 8.36. The lowest BCUT2D eigenvalue weighted by atomic mass is 10.2. The van der Waals surface area contributed by atoms with E-state index in [9.17, 15) is 9.18 Å². The van der Waals surface area contributed by atoms with Crippen molar-refractivity contribution in [2.75, 3.05) is 0 Å². The van der Waals surface area contributed by atoms with Gasteiger partial charge in [-0.05, 0) is 22.6 Å². The van der Waals surface area contributed by atoms with Crippen LogP contribution in [0.3, 0.4) is 0 Å². The molecule has 1 rings (SSSR count). The number of rotatable bonds is 2. The summed E-state index contributed by atoms with van der Waals surface area (Å²) in [7, 11) is 0. The standard InChI is InChI=1S/C7H5FINO2/c8-5-2-6(9)10-3-4(5)1-7(11)12/h2-3H,1H2,(H,11,12). The van der Waals surface area contributed by atoms with Crippen molar-refractivity contribution in [3.05, 3.63) is 27.3 Å². The van der Waals surface area contributed by atoms with E-state index < -0.39 is 11.8 Å². The third-order valence-electron chi connectivity index (χ3n) is 1.24. The molecule has 1 N–H and O–H groups in total. The number of hydrogen-bond donors (Lipinski definition) is 1. The van der Waals surface area contributed by atoms with Gasteiger partial charge in [0.1, 0.15) is 9.52 Å². The molecule has 0 fully saturated rings. The second-order valence-electron chi connectivity index (χ2n) is 2.17. The normalized spacial score (nSPS) is 9.83. The molecule has 0 radical (unpaired) electrons. The Kier molecular flexibility index (Phi) is 2.96. The van der Waals surface area contributed by atoms with Crippen molar-refractivity contribution in [2.45, 2.75) is 6.42 Å². The summed E-state index contributed by atoms with van der Waals surface area (Å²) in [6.07, 6.45) is 0.918. The average Bonchev–Trinajstić information content (AvgIpc) is 1.94. The van der Waals surface area contributed by atoms with Crippen LogP contribution in [0, 0.1) is 9.52 Å². The van der Waals surface area contributed by atoms with Crippen LogP contribution in [0.25, 0.3) is 0 Å². The zero-order valence-electron chi connectivity index (χ0n) is 5.92. The molecule has 0 unspecified atom stereocenters. The molecule has 0 saturated heterocycles. The van der Waals surface area contributed by atoms with E-state index in [1.54, 1.807) is 0 Å². The van der Waals surface area contributed by atoms with Gasteiger partial charge in [-0.3, -0.25) is 4.79 Å². The zero-order chi connectivity index (χ0) is 9.14. The van der Waals surface area contributed by atoms with Crippen molar-refractivity contribution in [1.82, 2.24) is 4.98 Å². The van der Waals surface area contributed by atoms with Crippen molar-refractivity contribution in [3.8, 4) is 0 Å². The molecule has 64 valence electrons. The number of halogens is 2. The van der Waals surface area contributed by atoms with Crippen molar-refractivity contribution < 1.29 is 14.3 Å². The lowest BCUT2D eigenvalue weighted by Gasteiger charge is -1.98. The van der Waals surface area contributed by atoms with E-state index in [1.807, 2.05) is 22.6 Å². The van der Waals surface area contributed by atoms with Crippen LogP contribution >= 0.6 is 22.6 Å². The van der Waals surface area contributed by atoms with Gasteiger partial charge >= 0.3 is 5.97 Å². The highest BCUT2D eigenvalue weighted by Crippen LogP contribution is 2.09. The SMILES string of the molecule is O=C(O)Cc1cnc(I)cc1F. The maximum absolute atomic E-state index is 12.9. The van der Waals surface area contributed by atoms with Gasteiger partial charge in [0.25, 0.3) is 0 Å². The smallest absolute Gasteiger partial charge is 0.307 e. The first kappa shape index (κ1) is 9.37. The Bertz CT molecular complexity index is 316. The Morgan fingerprint density at radius 3 is 2.92 bits per heavy atom. The molecular formula is C7H5FINO2. The number of hydrogen-bond acceptors (Lipinski definition) is 2.